The van der Waals surface area contributed by atoms with Crippen LogP contribution in [0.25, 0.3) is 0 Å². The number of nitrogen functional groups attached to an aromatic ring is 1. The molecule has 6 heteroatoms. The number of nitrogens with one attached hydrogen (secondary N) is 1. The number of nitrogens with two attached hydrogens (primary N) is 1. The minimum atomic E-state index is -0.112. The Morgan fingerprint density at radius 1 is 1.27 bits per heavy atom. The van der Waals surface area contributed by atoms with Gasteiger partial charge < -0.3 is 11.1 Å². The van der Waals surface area contributed by atoms with E-state index in [1.54, 1.807) is 6.20 Å². The average Bonchev–Trinajstić information content (AvgIpc) is 2.47. The summed E-state index contributed by atoms with van der Waals surface area (Å²) in [7, 11) is 0. The summed E-state index contributed by atoms with van der Waals surface area (Å²) in [6.07, 6.45) is 2.70. The highest BCUT2D eigenvalue weighted by Crippen LogP contribution is 2.14. The second kappa shape index (κ2) is 6.98. The molecule has 3 N–H and O–H groups in total. The molecule has 2 aromatic rings. The van der Waals surface area contributed by atoms with E-state index in [1.807, 2.05) is 39.0 Å². The monoisotopic (exact) mass is 299 g/mol. The molecule has 0 radical (unpaired) electrons. The molecular weight excluding hydrogens is 278 g/mol. The molecule has 0 saturated heterocycles. The van der Waals surface area contributed by atoms with Crippen molar-refractivity contribution in [3.63, 3.8) is 0 Å². The van der Waals surface area contributed by atoms with Gasteiger partial charge in [-0.2, -0.15) is 0 Å². The van der Waals surface area contributed by atoms with Gasteiger partial charge in [0.1, 0.15) is 0 Å². The van der Waals surface area contributed by atoms with Crippen LogP contribution in [0.1, 0.15) is 42.0 Å². The van der Waals surface area contributed by atoms with E-state index in [2.05, 4.69) is 20.3 Å². The van der Waals surface area contributed by atoms with Crippen molar-refractivity contribution in [2.45, 2.75) is 39.7 Å². The quantitative estimate of drug-likeness (QED) is 0.879. The lowest BCUT2D eigenvalue weighted by Crippen LogP contribution is -2.27. The van der Waals surface area contributed by atoms with E-state index in [0.29, 0.717) is 12.8 Å². The number of aromatic nitrogens is 3. The molecule has 22 heavy (non-hydrogen) atoms. The van der Waals surface area contributed by atoms with Gasteiger partial charge in [-0.1, -0.05) is 6.07 Å². The van der Waals surface area contributed by atoms with E-state index in [4.69, 9.17) is 5.73 Å². The first-order valence-corrected chi connectivity index (χ1v) is 7.27. The number of carbonyl (C=O) groups is 1. The molecule has 0 aromatic carbocycles. The van der Waals surface area contributed by atoms with Crippen molar-refractivity contribution in [3.8, 4) is 0 Å². The topological polar surface area (TPSA) is 93.8 Å². The predicted octanol–water partition coefficient (Wildman–Crippen LogP) is 1.88. The van der Waals surface area contributed by atoms with E-state index in [9.17, 15) is 4.79 Å². The maximum Gasteiger partial charge on any atom is 0.220 e. The highest BCUT2D eigenvalue weighted by molar-refractivity contribution is 5.76. The van der Waals surface area contributed by atoms with E-state index < -0.39 is 0 Å². The fraction of sp³-hybridized carbons (Fsp3) is 0.375. The Bertz CT molecular complexity index is 634. The molecule has 0 unspecified atom stereocenters. The number of nitrogens with zero attached hydrogens (tertiary/aromatic N) is 3. The number of hydrogen-bond donors (Lipinski definition) is 2. The van der Waals surface area contributed by atoms with Crippen LogP contribution in [0.3, 0.4) is 0 Å². The fourth-order valence-electron chi connectivity index (χ4n) is 2.39. The summed E-state index contributed by atoms with van der Waals surface area (Å²) in [6, 6.07) is 5.54. The zero-order chi connectivity index (χ0) is 16.1. The van der Waals surface area contributed by atoms with Gasteiger partial charge in [-0.05, 0) is 44.9 Å². The lowest BCUT2D eigenvalue weighted by Gasteiger charge is -2.14. The smallest absolute Gasteiger partial charge is 0.220 e. The average molecular weight is 299 g/mol. The van der Waals surface area contributed by atoms with Crippen molar-refractivity contribution in [2.75, 3.05) is 5.73 Å². The lowest BCUT2D eigenvalue weighted by atomic mass is 10.1. The van der Waals surface area contributed by atoms with Gasteiger partial charge in [0, 0.05) is 24.0 Å². The molecule has 2 rings (SSSR count). The number of carbonyl (C=O) groups excluding carboxylic acids is 1. The van der Waals surface area contributed by atoms with Gasteiger partial charge in [-0.15, -0.1) is 0 Å². The molecular formula is C16H21N5O. The number of aryl methyl sites for hydroxylation is 2. The molecule has 2 heterocycles. The lowest BCUT2D eigenvalue weighted by molar-refractivity contribution is -0.121. The molecule has 0 aliphatic carbocycles. The van der Waals surface area contributed by atoms with Crippen LogP contribution in [0.5, 0.6) is 0 Å². The Hall–Kier alpha value is -2.50. The zero-order valence-electron chi connectivity index (χ0n) is 13.1. The highest BCUT2D eigenvalue weighted by Gasteiger charge is 2.13. The minimum Gasteiger partial charge on any atom is -0.368 e. The van der Waals surface area contributed by atoms with Crippen molar-refractivity contribution in [3.05, 3.63) is 47.0 Å². The van der Waals surface area contributed by atoms with E-state index in [-0.39, 0.29) is 17.9 Å². The SMILES string of the molecule is Cc1nc(N)nc(C)c1CCC(=O)N[C@H](C)c1ccccn1. The largest absolute Gasteiger partial charge is 0.368 e. The van der Waals surface area contributed by atoms with Crippen LogP contribution >= 0.6 is 0 Å². The summed E-state index contributed by atoms with van der Waals surface area (Å²) in [5, 5.41) is 2.95. The van der Waals surface area contributed by atoms with Crippen LogP contribution in [-0.4, -0.2) is 20.9 Å². The van der Waals surface area contributed by atoms with Crippen LogP contribution in [0.4, 0.5) is 5.95 Å². The molecule has 0 aliphatic heterocycles. The molecule has 2 aromatic heterocycles. The van der Waals surface area contributed by atoms with Crippen molar-refractivity contribution in [1.82, 2.24) is 20.3 Å². The molecule has 1 atom stereocenters. The number of pyridine rings is 1. The maximum absolute atomic E-state index is 12.1. The van der Waals surface area contributed by atoms with Crippen LogP contribution in [0.2, 0.25) is 0 Å². The molecule has 1 amide bonds. The van der Waals surface area contributed by atoms with Gasteiger partial charge in [0.25, 0.3) is 0 Å². The number of rotatable bonds is 5. The van der Waals surface area contributed by atoms with Crippen LogP contribution < -0.4 is 11.1 Å². The first kappa shape index (κ1) is 15.9. The van der Waals surface area contributed by atoms with Gasteiger partial charge in [0.05, 0.1) is 11.7 Å². The van der Waals surface area contributed by atoms with Crippen LogP contribution in [0.15, 0.2) is 24.4 Å². The van der Waals surface area contributed by atoms with E-state index in [1.165, 1.54) is 0 Å². The Balaban J connectivity index is 1.94. The number of amides is 1. The third-order valence-corrected chi connectivity index (χ3v) is 3.55. The Labute approximate surface area is 130 Å². The predicted molar refractivity (Wildman–Crippen MR) is 85.0 cm³/mol. The maximum atomic E-state index is 12.1. The summed E-state index contributed by atoms with van der Waals surface area (Å²) in [4.78, 5) is 24.6. The van der Waals surface area contributed by atoms with Crippen LogP contribution in [0, 0.1) is 13.8 Å². The molecule has 6 nitrogen and oxygen atoms in total. The normalized spacial score (nSPS) is 12.0. The van der Waals surface area contributed by atoms with Gasteiger partial charge in [-0.25, -0.2) is 9.97 Å². The number of anilines is 1. The third kappa shape index (κ3) is 4.00. The Morgan fingerprint density at radius 3 is 2.55 bits per heavy atom. The Kier molecular flexibility index (Phi) is 5.04. The van der Waals surface area contributed by atoms with Gasteiger partial charge in [0.2, 0.25) is 11.9 Å². The molecule has 0 bridgehead atoms. The van der Waals surface area contributed by atoms with E-state index in [0.717, 1.165) is 22.6 Å². The summed E-state index contributed by atoms with van der Waals surface area (Å²) in [5.74, 6) is 0.251. The standard InChI is InChI=1S/C16H21N5O/c1-10-13(11(2)21-16(17)20-10)7-8-15(22)19-12(3)14-6-4-5-9-18-14/h4-6,9,12H,7-8H2,1-3H3,(H,19,22)(H2,17,20,21)/t12-/m1/s1. The summed E-state index contributed by atoms with van der Waals surface area (Å²) >= 11 is 0. The molecule has 0 aliphatic rings. The Morgan fingerprint density at radius 2 is 1.95 bits per heavy atom. The van der Waals surface area contributed by atoms with Crippen molar-refractivity contribution in [1.29, 1.82) is 0 Å². The summed E-state index contributed by atoms with van der Waals surface area (Å²) < 4.78 is 0. The van der Waals surface area contributed by atoms with Crippen molar-refractivity contribution in [2.24, 2.45) is 0 Å². The van der Waals surface area contributed by atoms with Crippen molar-refractivity contribution < 1.29 is 4.79 Å². The van der Waals surface area contributed by atoms with Gasteiger partial charge in [-0.3, -0.25) is 9.78 Å². The molecule has 0 spiro atoms. The minimum absolute atomic E-state index is 0.0196. The molecule has 0 fully saturated rings. The van der Waals surface area contributed by atoms with Crippen LogP contribution in [-0.2, 0) is 11.2 Å². The second-order valence-electron chi connectivity index (χ2n) is 5.27. The highest BCUT2D eigenvalue weighted by atomic mass is 16.1. The van der Waals surface area contributed by atoms with E-state index >= 15 is 0 Å². The first-order valence-electron chi connectivity index (χ1n) is 7.27. The number of hydrogen-bond acceptors (Lipinski definition) is 5. The molecule has 116 valence electrons. The third-order valence-electron chi connectivity index (χ3n) is 3.55. The van der Waals surface area contributed by atoms with Gasteiger partial charge >= 0.3 is 0 Å². The first-order chi connectivity index (χ1) is 10.5. The summed E-state index contributed by atoms with van der Waals surface area (Å²) in [6.45, 7) is 5.69. The fourth-order valence-corrected chi connectivity index (χ4v) is 2.39. The summed E-state index contributed by atoms with van der Waals surface area (Å²) in [5.41, 5.74) is 9.09. The molecule has 0 saturated carbocycles. The van der Waals surface area contributed by atoms with Crippen molar-refractivity contribution >= 4 is 11.9 Å². The zero-order valence-corrected chi connectivity index (χ0v) is 13.1. The van der Waals surface area contributed by atoms with Gasteiger partial charge in [0.15, 0.2) is 0 Å². The second-order valence-corrected chi connectivity index (χ2v) is 5.27.